The molecule has 0 aliphatic heterocycles. The molecule has 0 saturated heterocycles. The summed E-state index contributed by atoms with van der Waals surface area (Å²) in [6.45, 7) is 2.39. The molecular weight excluding hydrogens is 482 g/mol. The molecule has 0 bridgehead atoms. The molecule has 0 aliphatic rings. The van der Waals surface area contributed by atoms with Crippen LogP contribution in [0.2, 0.25) is 0 Å². The first-order valence-electron chi connectivity index (χ1n) is 11.5. The number of ketones is 1. The Labute approximate surface area is 211 Å². The van der Waals surface area contributed by atoms with Gasteiger partial charge in [-0.1, -0.05) is 30.3 Å². The number of ether oxygens (including phenoxy) is 2. The number of aryl methyl sites for hydroxylation is 1. The Morgan fingerprint density at radius 2 is 1.61 bits per heavy atom. The number of amides is 1. The molecule has 0 N–H and O–H groups in total. The smallest absolute Gasteiger partial charge is 0.254 e. The zero-order valence-electron chi connectivity index (χ0n) is 20.9. The lowest BCUT2D eigenvalue weighted by Gasteiger charge is -2.23. The van der Waals surface area contributed by atoms with Gasteiger partial charge in [0.1, 0.15) is 23.0 Å². The minimum absolute atomic E-state index is 0.0502. The lowest BCUT2D eigenvalue weighted by atomic mass is 10.1. The molecule has 36 heavy (non-hydrogen) atoms. The van der Waals surface area contributed by atoms with Gasteiger partial charge in [0, 0.05) is 23.9 Å². The van der Waals surface area contributed by atoms with Crippen LogP contribution in [0.5, 0.6) is 11.5 Å². The Bertz CT molecular complexity index is 1290. The molecule has 1 aromatic heterocycles. The summed E-state index contributed by atoms with van der Waals surface area (Å²) < 4.78 is 39.4. The van der Waals surface area contributed by atoms with Crippen LogP contribution in [0.1, 0.15) is 44.2 Å². The highest BCUT2D eigenvalue weighted by atomic mass is 32.2. The molecule has 8 nitrogen and oxygen atoms in total. The summed E-state index contributed by atoms with van der Waals surface area (Å²) in [6, 6.07) is 16.3. The van der Waals surface area contributed by atoms with Gasteiger partial charge in [-0.15, -0.1) is 0 Å². The van der Waals surface area contributed by atoms with Crippen molar-refractivity contribution in [3.63, 3.8) is 0 Å². The Morgan fingerprint density at radius 1 is 0.972 bits per heavy atom. The Hall–Kier alpha value is -3.59. The second-order valence-corrected chi connectivity index (χ2v) is 10.7. The predicted octanol–water partition coefficient (Wildman–Crippen LogP) is 4.11. The first kappa shape index (κ1) is 27.0. The van der Waals surface area contributed by atoms with E-state index in [4.69, 9.17) is 13.9 Å². The van der Waals surface area contributed by atoms with Crippen LogP contribution < -0.4 is 9.47 Å². The number of sulfone groups is 1. The molecule has 0 atom stereocenters. The fourth-order valence-electron chi connectivity index (χ4n) is 3.87. The van der Waals surface area contributed by atoms with Gasteiger partial charge in [0.15, 0.2) is 15.6 Å². The highest BCUT2D eigenvalue weighted by Crippen LogP contribution is 2.30. The topological polar surface area (TPSA) is 103 Å². The lowest BCUT2D eigenvalue weighted by Crippen LogP contribution is -2.31. The molecule has 0 fully saturated rings. The van der Waals surface area contributed by atoms with Gasteiger partial charge in [0.2, 0.25) is 5.78 Å². The SMILES string of the molecule is COc1cc(C(=O)N(CCCc2ccccc2)Cc2ccc(C(=O)CS(C)(=O)=O)o2)cc(OC)c1C. The van der Waals surface area contributed by atoms with Gasteiger partial charge < -0.3 is 18.8 Å². The van der Waals surface area contributed by atoms with Crippen molar-refractivity contribution in [1.29, 1.82) is 0 Å². The Kier molecular flexibility index (Phi) is 8.93. The molecule has 192 valence electrons. The zero-order chi connectivity index (χ0) is 26.3. The van der Waals surface area contributed by atoms with Gasteiger partial charge in [-0.05, 0) is 49.6 Å². The largest absolute Gasteiger partial charge is 0.496 e. The van der Waals surface area contributed by atoms with E-state index in [0.29, 0.717) is 35.8 Å². The highest BCUT2D eigenvalue weighted by Gasteiger charge is 2.22. The van der Waals surface area contributed by atoms with Crippen LogP contribution in [0.15, 0.2) is 59.0 Å². The van der Waals surface area contributed by atoms with Crippen LogP contribution in [0.4, 0.5) is 0 Å². The second kappa shape index (κ2) is 11.9. The van der Waals surface area contributed by atoms with Gasteiger partial charge in [-0.25, -0.2) is 8.42 Å². The Balaban J connectivity index is 1.84. The maximum absolute atomic E-state index is 13.6. The zero-order valence-corrected chi connectivity index (χ0v) is 21.8. The van der Waals surface area contributed by atoms with Crippen molar-refractivity contribution in [2.75, 3.05) is 32.8 Å². The quantitative estimate of drug-likeness (QED) is 0.336. The molecule has 3 aromatic rings. The molecule has 9 heteroatoms. The molecule has 2 aromatic carbocycles. The van der Waals surface area contributed by atoms with Crippen molar-refractivity contribution in [2.45, 2.75) is 26.3 Å². The van der Waals surface area contributed by atoms with Crippen molar-refractivity contribution in [3.8, 4) is 11.5 Å². The summed E-state index contributed by atoms with van der Waals surface area (Å²) in [4.78, 5) is 27.5. The summed E-state index contributed by atoms with van der Waals surface area (Å²) in [5.41, 5.74) is 2.34. The standard InChI is InChI=1S/C27H31NO7S/c1-19-25(33-2)15-21(16-26(19)34-3)27(30)28(14-8-11-20-9-6-5-7-10-20)17-22-12-13-24(35-22)23(29)18-36(4,31)32/h5-7,9-10,12-13,15-16H,8,11,14,17-18H2,1-4H3. The van der Waals surface area contributed by atoms with E-state index in [1.54, 1.807) is 23.1 Å². The number of benzene rings is 2. The maximum atomic E-state index is 13.6. The van der Waals surface area contributed by atoms with E-state index < -0.39 is 21.4 Å². The van der Waals surface area contributed by atoms with Crippen molar-refractivity contribution in [2.24, 2.45) is 0 Å². The number of carbonyl (C=O) groups excluding carboxylic acids is 2. The summed E-state index contributed by atoms with van der Waals surface area (Å²) in [7, 11) is -0.421. The molecule has 0 radical (unpaired) electrons. The van der Waals surface area contributed by atoms with Crippen LogP contribution >= 0.6 is 0 Å². The number of carbonyl (C=O) groups is 2. The monoisotopic (exact) mass is 513 g/mol. The molecule has 1 amide bonds. The van der Waals surface area contributed by atoms with E-state index in [1.165, 1.54) is 20.3 Å². The molecule has 1 heterocycles. The minimum atomic E-state index is -3.49. The number of methoxy groups -OCH3 is 2. The number of Topliss-reactive ketones (excluding diaryl/α,β-unsaturated/α-hetero) is 1. The number of rotatable bonds is 12. The maximum Gasteiger partial charge on any atom is 0.254 e. The van der Waals surface area contributed by atoms with Gasteiger partial charge in [0.25, 0.3) is 5.91 Å². The number of nitrogens with zero attached hydrogens (tertiary/aromatic N) is 1. The van der Waals surface area contributed by atoms with Crippen molar-refractivity contribution in [1.82, 2.24) is 4.90 Å². The summed E-state index contributed by atoms with van der Waals surface area (Å²) in [5.74, 6) is -0.111. The fourth-order valence-corrected chi connectivity index (χ4v) is 4.49. The third-order valence-electron chi connectivity index (χ3n) is 5.70. The van der Waals surface area contributed by atoms with Crippen LogP contribution in [0.25, 0.3) is 0 Å². The average molecular weight is 514 g/mol. The number of hydrogen-bond donors (Lipinski definition) is 0. The Morgan fingerprint density at radius 3 is 2.19 bits per heavy atom. The summed E-state index contributed by atoms with van der Waals surface area (Å²) in [6.07, 6.45) is 2.48. The van der Waals surface area contributed by atoms with E-state index in [2.05, 4.69) is 0 Å². The minimum Gasteiger partial charge on any atom is -0.496 e. The molecule has 0 unspecified atom stereocenters. The van der Waals surface area contributed by atoms with Crippen LogP contribution in [-0.4, -0.2) is 57.8 Å². The molecule has 0 spiro atoms. The van der Waals surface area contributed by atoms with E-state index in [-0.39, 0.29) is 18.2 Å². The van der Waals surface area contributed by atoms with Crippen molar-refractivity contribution >= 4 is 21.5 Å². The van der Waals surface area contributed by atoms with Gasteiger partial charge in [0.05, 0.1) is 20.8 Å². The van der Waals surface area contributed by atoms with E-state index >= 15 is 0 Å². The average Bonchev–Trinajstić information content (AvgIpc) is 3.31. The fraction of sp³-hybridized carbons (Fsp3) is 0.333. The van der Waals surface area contributed by atoms with Gasteiger partial charge >= 0.3 is 0 Å². The molecule has 0 saturated carbocycles. The van der Waals surface area contributed by atoms with E-state index in [0.717, 1.165) is 23.8 Å². The van der Waals surface area contributed by atoms with Crippen LogP contribution in [0.3, 0.4) is 0 Å². The number of furan rings is 1. The van der Waals surface area contributed by atoms with Crippen LogP contribution in [0, 0.1) is 6.92 Å². The van der Waals surface area contributed by atoms with E-state index in [9.17, 15) is 18.0 Å². The highest BCUT2D eigenvalue weighted by molar-refractivity contribution is 7.91. The summed E-state index contributed by atoms with van der Waals surface area (Å²) >= 11 is 0. The van der Waals surface area contributed by atoms with Crippen molar-refractivity contribution < 1.29 is 31.9 Å². The van der Waals surface area contributed by atoms with Gasteiger partial charge in [-0.2, -0.15) is 0 Å². The molecule has 3 rings (SSSR count). The van der Waals surface area contributed by atoms with Gasteiger partial charge in [-0.3, -0.25) is 9.59 Å². The number of hydrogen-bond acceptors (Lipinski definition) is 7. The second-order valence-electron chi connectivity index (χ2n) is 8.58. The lowest BCUT2D eigenvalue weighted by molar-refractivity contribution is 0.0728. The third kappa shape index (κ3) is 7.21. The van der Waals surface area contributed by atoms with Crippen LogP contribution in [-0.2, 0) is 22.8 Å². The first-order chi connectivity index (χ1) is 17.1. The third-order valence-corrected chi connectivity index (χ3v) is 6.49. The normalized spacial score (nSPS) is 11.2. The van der Waals surface area contributed by atoms with Crippen molar-refractivity contribution in [3.05, 3.63) is 82.8 Å². The molecular formula is C27H31NO7S. The first-order valence-corrected chi connectivity index (χ1v) is 13.5. The molecule has 0 aliphatic carbocycles. The summed E-state index contributed by atoms with van der Waals surface area (Å²) in [5, 5.41) is 0. The van der Waals surface area contributed by atoms with E-state index in [1.807, 2.05) is 37.3 Å². The predicted molar refractivity (Wildman–Crippen MR) is 137 cm³/mol.